The van der Waals surface area contributed by atoms with E-state index >= 15 is 0 Å². The van der Waals surface area contributed by atoms with Crippen LogP contribution in [-0.4, -0.2) is 19.6 Å². The van der Waals surface area contributed by atoms with Crippen molar-refractivity contribution in [2.75, 3.05) is 0 Å². The smallest absolute Gasteiger partial charge is 0.148 e. The number of aryl methyl sites for hydroxylation is 1. The molecule has 0 fully saturated rings. The minimum absolute atomic E-state index is 0. The monoisotopic (exact) mass is 1070 g/mol. The first-order valence-electron chi connectivity index (χ1n) is 24.4. The molecular weight excluding hydrogens is 1010 g/mol. The van der Waals surface area contributed by atoms with Crippen molar-refractivity contribution in [1.29, 1.82) is 0 Å². The van der Waals surface area contributed by atoms with E-state index in [0.29, 0.717) is 22.6 Å². The van der Waals surface area contributed by atoms with Gasteiger partial charge in [-0.15, -0.1) is 23.8 Å². The molecule has 0 aliphatic carbocycles. The molecule has 0 bridgehead atoms. The Bertz CT molecular complexity index is 3540. The molecule has 0 radical (unpaired) electrons. The second-order valence-electron chi connectivity index (χ2n) is 19.4. The van der Waals surface area contributed by atoms with Crippen molar-refractivity contribution in [1.82, 2.24) is 14.5 Å². The summed E-state index contributed by atoms with van der Waals surface area (Å²) in [7, 11) is 0. The fourth-order valence-electron chi connectivity index (χ4n) is 9.00. The number of imidazole rings is 1. The zero-order valence-electron chi connectivity index (χ0n) is 42.1. The molecule has 0 saturated heterocycles. The van der Waals surface area contributed by atoms with Crippen LogP contribution in [0.15, 0.2) is 194 Å². The number of para-hydroxylation sites is 1. The molecule has 8 aromatic carbocycles. The van der Waals surface area contributed by atoms with Gasteiger partial charge in [0.05, 0.1) is 16.6 Å². The van der Waals surface area contributed by atoms with E-state index in [1.54, 1.807) is 12.1 Å². The molecule has 0 aliphatic heterocycles. The third kappa shape index (κ3) is 9.14. The normalized spacial score (nSPS) is 12.5. The van der Waals surface area contributed by atoms with Crippen molar-refractivity contribution in [3.63, 3.8) is 0 Å². The number of pyridine rings is 1. The van der Waals surface area contributed by atoms with Gasteiger partial charge in [-0.05, 0) is 98.1 Å². The maximum absolute atomic E-state index is 12.5. The SMILES string of the molecule is [2H]C([2H])([2H])c1cc(-c2ccccc2)cc(-n2c(-c3cc(C(C)(C)C)cc(C(C)(C)C)c3O)nc3c(-c4[c-]c(-c5cc(-c6ccc(-c7ccccc7)cc6)ccn5)cc(-c5ccccc5)c4)cccc32)c1.[Pt]. The van der Waals surface area contributed by atoms with Crippen LogP contribution in [0.3, 0.4) is 0 Å². The van der Waals surface area contributed by atoms with Gasteiger partial charge in [0.2, 0.25) is 0 Å². The van der Waals surface area contributed by atoms with E-state index in [4.69, 9.17) is 14.1 Å². The van der Waals surface area contributed by atoms with Crippen LogP contribution in [0.25, 0.3) is 95.0 Å². The van der Waals surface area contributed by atoms with E-state index in [1.807, 2.05) is 95.7 Å². The van der Waals surface area contributed by atoms with Gasteiger partial charge in [0.15, 0.2) is 0 Å². The molecule has 0 unspecified atom stereocenters. The summed E-state index contributed by atoms with van der Waals surface area (Å²) in [5.41, 5.74) is 15.3. The van der Waals surface area contributed by atoms with Crippen molar-refractivity contribution in [3.05, 3.63) is 217 Å². The maximum Gasteiger partial charge on any atom is 0.148 e. The maximum atomic E-state index is 12.5. The molecule has 0 spiro atoms. The van der Waals surface area contributed by atoms with Gasteiger partial charge in [-0.1, -0.05) is 204 Å². The number of aromatic hydroxyl groups is 1. The van der Waals surface area contributed by atoms with E-state index in [1.165, 1.54) is 5.56 Å². The summed E-state index contributed by atoms with van der Waals surface area (Å²) in [6, 6.07) is 67.1. The third-order valence-corrected chi connectivity index (χ3v) is 12.6. The average Bonchev–Trinajstić information content (AvgIpc) is 3.76. The van der Waals surface area contributed by atoms with Gasteiger partial charge in [-0.3, -0.25) is 9.55 Å². The molecule has 0 aliphatic rings. The summed E-state index contributed by atoms with van der Waals surface area (Å²) in [6.07, 6.45) is 1.86. The van der Waals surface area contributed by atoms with Crippen LogP contribution < -0.4 is 0 Å². The molecule has 2 heterocycles. The van der Waals surface area contributed by atoms with Gasteiger partial charge >= 0.3 is 0 Å². The Hall–Kier alpha value is -7.13. The fraction of sp³-hybridized carbons (Fsp3) is 0.143. The molecule has 10 aromatic rings. The molecule has 1 N–H and O–H groups in total. The predicted octanol–water partition coefficient (Wildman–Crippen LogP) is 16.5. The number of nitrogens with zero attached hydrogens (tertiary/aromatic N) is 3. The Morgan fingerprint density at radius 3 is 1.69 bits per heavy atom. The molecule has 68 heavy (non-hydrogen) atoms. The zero-order valence-corrected chi connectivity index (χ0v) is 41.4. The van der Waals surface area contributed by atoms with Crippen LogP contribution in [-0.2, 0) is 31.9 Å². The molecule has 10 rings (SSSR count). The first-order valence-corrected chi connectivity index (χ1v) is 22.9. The van der Waals surface area contributed by atoms with Crippen LogP contribution in [0.1, 0.15) is 62.3 Å². The third-order valence-electron chi connectivity index (χ3n) is 12.6. The van der Waals surface area contributed by atoms with E-state index < -0.39 is 12.3 Å². The average molecular weight is 1070 g/mol. The van der Waals surface area contributed by atoms with Crippen LogP contribution in [0, 0.1) is 12.9 Å². The van der Waals surface area contributed by atoms with E-state index in [0.717, 1.165) is 78.0 Å². The number of aromatic nitrogens is 3. The van der Waals surface area contributed by atoms with Crippen molar-refractivity contribution < 1.29 is 30.3 Å². The number of phenolic OH excluding ortho intramolecular Hbond substituents is 1. The van der Waals surface area contributed by atoms with Crippen LogP contribution in [0.4, 0.5) is 0 Å². The second kappa shape index (κ2) is 18.5. The number of benzene rings is 8. The van der Waals surface area contributed by atoms with E-state index in [2.05, 4.69) is 139 Å². The number of hydrogen-bond donors (Lipinski definition) is 1. The van der Waals surface area contributed by atoms with Crippen molar-refractivity contribution in [3.8, 4) is 89.7 Å². The van der Waals surface area contributed by atoms with Crippen LogP contribution >= 0.6 is 0 Å². The summed E-state index contributed by atoms with van der Waals surface area (Å²) in [5, 5.41) is 12.5. The van der Waals surface area contributed by atoms with E-state index in [-0.39, 0.29) is 37.8 Å². The Morgan fingerprint density at radius 1 is 0.515 bits per heavy atom. The van der Waals surface area contributed by atoms with Gasteiger partial charge in [0.1, 0.15) is 11.6 Å². The Kier molecular flexibility index (Phi) is 11.5. The number of rotatable bonds is 8. The summed E-state index contributed by atoms with van der Waals surface area (Å²) >= 11 is 0. The largest absolute Gasteiger partial charge is 0.507 e. The fourth-order valence-corrected chi connectivity index (χ4v) is 9.00. The zero-order chi connectivity index (χ0) is 49.0. The standard InChI is InChI=1S/C63H54N3O.Pt/c1-41-32-48(43-20-13-9-14-21-43)37-53(33-41)66-58-25-17-24-54(59(58)65-61(66)55-39-52(62(2,3)4)40-56(60(55)67)63(5,6)7)50-34-49(44-22-15-10-16-23-44)35-51(36-50)57-38-47(30-31-64-57)46-28-26-45(27-29-46)42-18-11-8-12-19-42;/h8-35,37-40,67H,1-7H3;/q-1;/i1D3;. The van der Waals surface area contributed by atoms with E-state index in [9.17, 15) is 5.11 Å². The molecule has 0 saturated carbocycles. The molecule has 338 valence electrons. The summed E-state index contributed by atoms with van der Waals surface area (Å²) in [5.74, 6) is 0.625. The number of fused-ring (bicyclic) bond motifs is 1. The Labute approximate surface area is 419 Å². The molecule has 2 aromatic heterocycles. The van der Waals surface area contributed by atoms with Crippen molar-refractivity contribution in [2.24, 2.45) is 0 Å². The predicted molar refractivity (Wildman–Crippen MR) is 280 cm³/mol. The van der Waals surface area contributed by atoms with Gasteiger partial charge in [-0.25, -0.2) is 4.98 Å². The summed E-state index contributed by atoms with van der Waals surface area (Å²) < 4.78 is 28.0. The number of hydrogen-bond acceptors (Lipinski definition) is 3. The van der Waals surface area contributed by atoms with Crippen molar-refractivity contribution in [2.45, 2.75) is 59.2 Å². The van der Waals surface area contributed by atoms with Crippen LogP contribution in [0.2, 0.25) is 0 Å². The van der Waals surface area contributed by atoms with Gasteiger partial charge in [-0.2, -0.15) is 0 Å². The minimum Gasteiger partial charge on any atom is -0.507 e. The second-order valence-corrected chi connectivity index (χ2v) is 19.4. The Balaban J connectivity index is 0.00000624. The first-order chi connectivity index (χ1) is 33.5. The number of phenols is 1. The quantitative estimate of drug-likeness (QED) is 0.154. The van der Waals surface area contributed by atoms with Gasteiger partial charge in [0.25, 0.3) is 0 Å². The molecule has 0 amide bonds. The van der Waals surface area contributed by atoms with Crippen LogP contribution in [0.5, 0.6) is 5.75 Å². The molecular formula is C63H54N3OPt-. The molecule has 4 nitrogen and oxygen atoms in total. The first kappa shape index (κ1) is 42.2. The topological polar surface area (TPSA) is 50.9 Å². The summed E-state index contributed by atoms with van der Waals surface area (Å²) in [4.78, 5) is 10.5. The van der Waals surface area contributed by atoms with Crippen molar-refractivity contribution >= 4 is 11.0 Å². The Morgan fingerprint density at radius 2 is 1.09 bits per heavy atom. The van der Waals surface area contributed by atoms with Gasteiger partial charge in [0, 0.05) is 48.3 Å². The molecule has 0 atom stereocenters. The minimum atomic E-state index is -2.41. The van der Waals surface area contributed by atoms with Gasteiger partial charge < -0.3 is 5.11 Å². The molecule has 5 heteroatoms. The summed E-state index contributed by atoms with van der Waals surface area (Å²) in [6.45, 7) is 10.4.